The number of benzene rings is 2. The van der Waals surface area contributed by atoms with Gasteiger partial charge in [-0.05, 0) is 24.6 Å². The van der Waals surface area contributed by atoms with Crippen molar-refractivity contribution in [1.29, 1.82) is 0 Å². The van der Waals surface area contributed by atoms with Gasteiger partial charge in [-0.2, -0.15) is 0 Å². The summed E-state index contributed by atoms with van der Waals surface area (Å²) in [6, 6.07) is 7.95. The van der Waals surface area contributed by atoms with Crippen LogP contribution < -0.4 is 24.2 Å². The second kappa shape index (κ2) is 8.90. The van der Waals surface area contributed by atoms with E-state index in [0.717, 1.165) is 12.1 Å². The van der Waals surface area contributed by atoms with Gasteiger partial charge in [-0.25, -0.2) is 13.4 Å². The molecule has 0 saturated carbocycles. The summed E-state index contributed by atoms with van der Waals surface area (Å²) in [5.41, 5.74) is 1.88. The second-order valence-corrected chi connectivity index (χ2v) is 8.53. The highest BCUT2D eigenvalue weighted by Gasteiger charge is 2.27. The molecule has 0 aliphatic heterocycles. The minimum Gasteiger partial charge on any atom is -0.495 e. The number of aryl methyl sites for hydroxylation is 1. The fraction of sp³-hybridized carbons (Fsp3) is 0.238. The third kappa shape index (κ3) is 4.24. The smallest absolute Gasteiger partial charge is 0.270 e. The molecule has 33 heavy (non-hydrogen) atoms. The molecule has 0 amide bonds. The largest absolute Gasteiger partial charge is 0.495 e. The highest BCUT2D eigenvalue weighted by Crippen LogP contribution is 2.38. The van der Waals surface area contributed by atoms with Crippen molar-refractivity contribution < 1.29 is 27.2 Å². The molecule has 0 bridgehead atoms. The summed E-state index contributed by atoms with van der Waals surface area (Å²) in [4.78, 5) is 7.27. The number of hydrogen-bond donors (Lipinski definition) is 3. The van der Waals surface area contributed by atoms with Gasteiger partial charge in [0.25, 0.3) is 10.0 Å². The van der Waals surface area contributed by atoms with Crippen molar-refractivity contribution in [2.24, 2.45) is 0 Å². The van der Waals surface area contributed by atoms with Crippen molar-refractivity contribution in [2.45, 2.75) is 18.2 Å². The van der Waals surface area contributed by atoms with Crippen molar-refractivity contribution in [3.05, 3.63) is 42.2 Å². The third-order valence-corrected chi connectivity index (χ3v) is 6.34. The van der Waals surface area contributed by atoms with Crippen molar-refractivity contribution in [1.82, 2.24) is 15.1 Å². The molecule has 0 aliphatic rings. The number of aromatic nitrogens is 3. The molecule has 0 atom stereocenters. The summed E-state index contributed by atoms with van der Waals surface area (Å²) >= 11 is 0. The van der Waals surface area contributed by atoms with Crippen LogP contribution in [0.4, 0.5) is 17.5 Å². The average molecular weight is 474 g/mol. The lowest BCUT2D eigenvalue weighted by atomic mass is 10.2. The van der Waals surface area contributed by atoms with E-state index in [1.54, 1.807) is 24.4 Å². The molecule has 0 saturated heterocycles. The molecule has 2 heterocycles. The molecule has 12 heteroatoms. The number of hydrogen-bond acceptors (Lipinski definition) is 9. The van der Waals surface area contributed by atoms with Crippen LogP contribution in [0.3, 0.4) is 0 Å². The Morgan fingerprint density at radius 1 is 1.06 bits per heavy atom. The summed E-state index contributed by atoms with van der Waals surface area (Å²) in [6.07, 6.45) is 2.55. The Morgan fingerprint density at radius 2 is 1.76 bits per heavy atom. The summed E-state index contributed by atoms with van der Waals surface area (Å²) in [5.74, 6) is 1.23. The number of rotatable bonds is 9. The molecule has 0 radical (unpaired) electrons. The molecule has 0 fully saturated rings. The van der Waals surface area contributed by atoms with Gasteiger partial charge in [0.1, 0.15) is 17.2 Å². The van der Waals surface area contributed by atoms with Crippen LogP contribution in [-0.4, -0.2) is 44.9 Å². The second-order valence-electron chi connectivity index (χ2n) is 6.91. The topological polar surface area (TPSA) is 141 Å². The molecule has 0 aliphatic carbocycles. The van der Waals surface area contributed by atoms with E-state index < -0.39 is 10.0 Å². The minimum absolute atomic E-state index is 0.00548. The van der Waals surface area contributed by atoms with Gasteiger partial charge >= 0.3 is 0 Å². The first-order valence-corrected chi connectivity index (χ1v) is 11.4. The SMILES string of the molecule is CCc1cnc(Nc2cc3onc(NS(=O)(=O)c4c(OC)cccc4OC)c3cc2OC)[nH]1. The Labute approximate surface area is 190 Å². The normalized spacial score (nSPS) is 11.4. The third-order valence-electron chi connectivity index (χ3n) is 4.94. The van der Waals surface area contributed by atoms with Crippen LogP contribution in [-0.2, 0) is 16.4 Å². The number of methoxy groups -OCH3 is 3. The quantitative estimate of drug-likeness (QED) is 0.332. The Kier molecular flexibility index (Phi) is 6.01. The van der Waals surface area contributed by atoms with E-state index in [-0.39, 0.29) is 22.2 Å². The van der Waals surface area contributed by atoms with E-state index in [2.05, 4.69) is 25.2 Å². The van der Waals surface area contributed by atoms with E-state index in [1.165, 1.54) is 33.5 Å². The maximum atomic E-state index is 13.2. The van der Waals surface area contributed by atoms with Crippen LogP contribution in [0.1, 0.15) is 12.6 Å². The first-order valence-electron chi connectivity index (χ1n) is 9.92. The first kappa shape index (κ1) is 22.3. The monoisotopic (exact) mass is 473 g/mol. The molecule has 4 aromatic rings. The molecule has 0 unspecified atom stereocenters. The van der Waals surface area contributed by atoms with Gasteiger partial charge in [-0.3, -0.25) is 4.72 Å². The fourth-order valence-electron chi connectivity index (χ4n) is 3.29. The lowest BCUT2D eigenvalue weighted by Gasteiger charge is -2.14. The number of aromatic amines is 1. The molecular formula is C21H23N5O6S. The zero-order valence-electron chi connectivity index (χ0n) is 18.4. The van der Waals surface area contributed by atoms with Crippen molar-refractivity contribution in [3.8, 4) is 17.2 Å². The van der Waals surface area contributed by atoms with Crippen LogP contribution in [0, 0.1) is 0 Å². The van der Waals surface area contributed by atoms with Gasteiger partial charge < -0.3 is 29.0 Å². The zero-order valence-corrected chi connectivity index (χ0v) is 19.2. The van der Waals surface area contributed by atoms with Gasteiger partial charge in [0.05, 0.1) is 38.6 Å². The van der Waals surface area contributed by atoms with Gasteiger partial charge in [-0.1, -0.05) is 18.1 Å². The van der Waals surface area contributed by atoms with Crippen molar-refractivity contribution in [3.63, 3.8) is 0 Å². The molecule has 4 rings (SSSR count). The van der Waals surface area contributed by atoms with Gasteiger partial charge in [0, 0.05) is 11.8 Å². The van der Waals surface area contributed by atoms with Gasteiger partial charge in [-0.15, -0.1) is 0 Å². The van der Waals surface area contributed by atoms with Crippen LogP contribution in [0.25, 0.3) is 11.0 Å². The Balaban J connectivity index is 1.71. The number of sulfonamides is 1. The van der Waals surface area contributed by atoms with Crippen LogP contribution in [0.15, 0.2) is 45.9 Å². The molecule has 174 valence electrons. The molecule has 0 spiro atoms. The maximum absolute atomic E-state index is 13.2. The number of anilines is 3. The Hall–Kier alpha value is -3.93. The molecular weight excluding hydrogens is 450 g/mol. The number of H-pyrrole nitrogens is 1. The summed E-state index contributed by atoms with van der Waals surface area (Å²) < 4.78 is 50.1. The van der Waals surface area contributed by atoms with Crippen molar-refractivity contribution >= 4 is 38.4 Å². The van der Waals surface area contributed by atoms with Crippen LogP contribution >= 0.6 is 0 Å². The van der Waals surface area contributed by atoms with Gasteiger partial charge in [0.2, 0.25) is 5.95 Å². The first-order chi connectivity index (χ1) is 15.9. The number of imidazole rings is 1. The summed E-state index contributed by atoms with van der Waals surface area (Å²) in [5, 5.41) is 7.44. The van der Waals surface area contributed by atoms with E-state index >= 15 is 0 Å². The average Bonchev–Trinajstić information content (AvgIpc) is 3.44. The number of nitrogens with one attached hydrogen (secondary N) is 3. The molecule has 11 nitrogen and oxygen atoms in total. The predicted octanol–water partition coefficient (Wildman–Crippen LogP) is 3.68. The summed E-state index contributed by atoms with van der Waals surface area (Å²) in [7, 11) is 0.123. The Bertz CT molecular complexity index is 1370. The van der Waals surface area contributed by atoms with E-state index in [4.69, 9.17) is 18.7 Å². The standard InChI is InChI=1S/C21H23N5O6S/c1-5-12-11-22-21(23-12)24-14-10-17-13(9-18(14)31-4)20(25-32-17)26-33(27,28)19-15(29-2)7-6-8-16(19)30-3/h6-11H,5H2,1-4H3,(H,25,26)(H2,22,23,24). The molecule has 2 aromatic heterocycles. The van der Waals surface area contributed by atoms with E-state index in [9.17, 15) is 8.42 Å². The Morgan fingerprint density at radius 3 is 2.36 bits per heavy atom. The van der Waals surface area contributed by atoms with Crippen LogP contribution in [0.5, 0.6) is 17.2 Å². The highest BCUT2D eigenvalue weighted by molar-refractivity contribution is 7.93. The molecule has 2 aromatic carbocycles. The van der Waals surface area contributed by atoms with Crippen molar-refractivity contribution in [2.75, 3.05) is 31.4 Å². The van der Waals surface area contributed by atoms with Crippen LogP contribution in [0.2, 0.25) is 0 Å². The fourth-order valence-corrected chi connectivity index (χ4v) is 4.63. The highest BCUT2D eigenvalue weighted by atomic mass is 32.2. The number of fused-ring (bicyclic) bond motifs is 1. The minimum atomic E-state index is -4.13. The lowest BCUT2D eigenvalue weighted by molar-refractivity contribution is 0.373. The number of ether oxygens (including phenoxy) is 3. The summed E-state index contributed by atoms with van der Waals surface area (Å²) in [6.45, 7) is 2.02. The van der Waals surface area contributed by atoms with Gasteiger partial charge in [0.15, 0.2) is 16.3 Å². The van der Waals surface area contributed by atoms with E-state index in [0.29, 0.717) is 28.4 Å². The lowest BCUT2D eigenvalue weighted by Crippen LogP contribution is -2.15. The van der Waals surface area contributed by atoms with E-state index in [1.807, 2.05) is 6.92 Å². The predicted molar refractivity (Wildman–Crippen MR) is 122 cm³/mol. The maximum Gasteiger partial charge on any atom is 0.270 e. The zero-order chi connectivity index (χ0) is 23.6. The number of nitrogens with zero attached hydrogens (tertiary/aromatic N) is 2. The molecule has 3 N–H and O–H groups in total.